The predicted molar refractivity (Wildman–Crippen MR) is 117 cm³/mol. The topological polar surface area (TPSA) is 57.7 Å². The third kappa shape index (κ3) is 5.08. The number of benzene rings is 1. The van der Waals surface area contributed by atoms with E-state index in [1.807, 2.05) is 0 Å². The Hall–Kier alpha value is -1.70. The molecule has 5 nitrogen and oxygen atoms in total. The third-order valence-electron chi connectivity index (χ3n) is 5.44. The predicted octanol–water partition coefficient (Wildman–Crippen LogP) is 4.10. The van der Waals surface area contributed by atoms with E-state index in [9.17, 15) is 13.2 Å². The van der Waals surface area contributed by atoms with Crippen molar-refractivity contribution in [1.29, 1.82) is 0 Å². The number of nitrogens with zero attached hydrogens (tertiary/aromatic N) is 2. The van der Waals surface area contributed by atoms with Crippen molar-refractivity contribution in [2.45, 2.75) is 49.8 Å². The molecule has 1 aliphatic rings. The van der Waals surface area contributed by atoms with E-state index in [2.05, 4.69) is 45.0 Å². The van der Waals surface area contributed by atoms with E-state index in [-0.39, 0.29) is 23.8 Å². The van der Waals surface area contributed by atoms with E-state index in [1.54, 1.807) is 29.5 Å². The molecule has 1 fully saturated rings. The van der Waals surface area contributed by atoms with Crippen LogP contribution in [0.5, 0.6) is 0 Å². The molecule has 1 aromatic carbocycles. The van der Waals surface area contributed by atoms with Crippen LogP contribution in [0.2, 0.25) is 0 Å². The summed E-state index contributed by atoms with van der Waals surface area (Å²) in [6, 6.07) is 11.7. The van der Waals surface area contributed by atoms with Crippen molar-refractivity contribution in [2.75, 3.05) is 20.1 Å². The van der Waals surface area contributed by atoms with Crippen LogP contribution >= 0.6 is 11.3 Å². The van der Waals surface area contributed by atoms with E-state index in [1.165, 1.54) is 21.2 Å². The van der Waals surface area contributed by atoms with Crippen LogP contribution in [0.15, 0.2) is 46.0 Å². The number of carbonyl (C=O) groups excluding carboxylic acids is 1. The smallest absolute Gasteiger partial charge is 0.252 e. The van der Waals surface area contributed by atoms with Gasteiger partial charge in [-0.2, -0.15) is 4.31 Å². The van der Waals surface area contributed by atoms with E-state index in [0.717, 1.165) is 12.0 Å². The number of hydrogen-bond acceptors (Lipinski definition) is 4. The van der Waals surface area contributed by atoms with Crippen LogP contribution in [0.1, 0.15) is 44.7 Å². The van der Waals surface area contributed by atoms with Crippen molar-refractivity contribution < 1.29 is 13.2 Å². The fourth-order valence-corrected chi connectivity index (χ4v) is 6.34. The van der Waals surface area contributed by atoms with Gasteiger partial charge in [0.1, 0.15) is 4.21 Å². The summed E-state index contributed by atoms with van der Waals surface area (Å²) < 4.78 is 27.4. The summed E-state index contributed by atoms with van der Waals surface area (Å²) in [5.74, 6) is -0.284. The van der Waals surface area contributed by atoms with Gasteiger partial charge in [-0.25, -0.2) is 8.42 Å². The Kier molecular flexibility index (Phi) is 6.51. The molecule has 1 aliphatic heterocycles. The van der Waals surface area contributed by atoms with Crippen LogP contribution in [0, 0.1) is 5.92 Å². The highest BCUT2D eigenvalue weighted by molar-refractivity contribution is 7.91. The van der Waals surface area contributed by atoms with Gasteiger partial charge in [-0.3, -0.25) is 4.79 Å². The van der Waals surface area contributed by atoms with Crippen molar-refractivity contribution in [3.8, 4) is 0 Å². The molecular formula is C22H30N2O3S2. The van der Waals surface area contributed by atoms with E-state index in [4.69, 9.17) is 0 Å². The summed E-state index contributed by atoms with van der Waals surface area (Å²) in [4.78, 5) is 14.7. The molecule has 2 heterocycles. The van der Waals surface area contributed by atoms with Crippen LogP contribution in [0.4, 0.5) is 0 Å². The van der Waals surface area contributed by atoms with Gasteiger partial charge in [-0.05, 0) is 40.8 Å². The molecule has 1 saturated heterocycles. The molecule has 1 aromatic heterocycles. The number of piperidine rings is 1. The Balaban J connectivity index is 1.65. The summed E-state index contributed by atoms with van der Waals surface area (Å²) in [5, 5.41) is 1.76. The second-order valence-corrected chi connectivity index (χ2v) is 11.9. The third-order valence-corrected chi connectivity index (χ3v) is 8.68. The quantitative estimate of drug-likeness (QED) is 0.712. The molecule has 158 valence electrons. The maximum Gasteiger partial charge on any atom is 0.252 e. The molecule has 1 amide bonds. The lowest BCUT2D eigenvalue weighted by Gasteiger charge is -2.33. The molecule has 3 rings (SSSR count). The van der Waals surface area contributed by atoms with Gasteiger partial charge in [0.15, 0.2) is 0 Å². The number of thiophene rings is 1. The molecule has 7 heteroatoms. The number of carbonyl (C=O) groups is 1. The highest BCUT2D eigenvalue weighted by atomic mass is 32.2. The first-order chi connectivity index (χ1) is 13.6. The Morgan fingerprint density at radius 2 is 1.90 bits per heavy atom. The van der Waals surface area contributed by atoms with E-state index in [0.29, 0.717) is 23.7 Å². The molecule has 0 radical (unpaired) electrons. The minimum atomic E-state index is -3.51. The average molecular weight is 435 g/mol. The molecule has 1 unspecified atom stereocenters. The second kappa shape index (κ2) is 8.58. The zero-order chi connectivity index (χ0) is 21.2. The standard InChI is InChI=1S/C22H30N2O3S2/c1-22(2,3)19-11-9-17(10-12-19)15-23(4)21(25)18-7-5-13-24(16-18)29(26,27)20-8-6-14-28-20/h6,8-12,14,18H,5,7,13,15-16H2,1-4H3. The minimum Gasteiger partial charge on any atom is -0.341 e. The van der Waals surface area contributed by atoms with Gasteiger partial charge in [-0.1, -0.05) is 51.1 Å². The van der Waals surface area contributed by atoms with Gasteiger partial charge in [-0.15, -0.1) is 11.3 Å². The first kappa shape index (κ1) is 22.0. The lowest BCUT2D eigenvalue weighted by atomic mass is 9.87. The summed E-state index contributed by atoms with van der Waals surface area (Å²) >= 11 is 1.22. The average Bonchev–Trinajstić information content (AvgIpc) is 3.23. The molecule has 0 saturated carbocycles. The monoisotopic (exact) mass is 434 g/mol. The number of hydrogen-bond donors (Lipinski definition) is 0. The minimum absolute atomic E-state index is 0.0102. The molecule has 0 bridgehead atoms. The van der Waals surface area contributed by atoms with Crippen molar-refractivity contribution in [3.63, 3.8) is 0 Å². The largest absolute Gasteiger partial charge is 0.341 e. The molecule has 0 aliphatic carbocycles. The van der Waals surface area contributed by atoms with Crippen LogP contribution in [0.25, 0.3) is 0 Å². The zero-order valence-electron chi connectivity index (χ0n) is 17.6. The molecule has 29 heavy (non-hydrogen) atoms. The van der Waals surface area contributed by atoms with Crippen LogP contribution in [-0.4, -0.2) is 43.7 Å². The summed E-state index contributed by atoms with van der Waals surface area (Å²) in [5.41, 5.74) is 2.43. The van der Waals surface area contributed by atoms with Crippen LogP contribution < -0.4 is 0 Å². The van der Waals surface area contributed by atoms with Gasteiger partial charge >= 0.3 is 0 Å². The highest BCUT2D eigenvalue weighted by Gasteiger charge is 2.34. The maximum absolute atomic E-state index is 13.0. The Bertz CT molecular complexity index is 929. The maximum atomic E-state index is 13.0. The van der Waals surface area contributed by atoms with Gasteiger partial charge < -0.3 is 4.90 Å². The van der Waals surface area contributed by atoms with Crippen molar-refractivity contribution in [2.24, 2.45) is 5.92 Å². The van der Waals surface area contributed by atoms with E-state index >= 15 is 0 Å². The van der Waals surface area contributed by atoms with E-state index < -0.39 is 10.0 Å². The normalized spacial score (nSPS) is 18.6. The van der Waals surface area contributed by atoms with Crippen molar-refractivity contribution >= 4 is 27.3 Å². The van der Waals surface area contributed by atoms with Crippen LogP contribution in [-0.2, 0) is 26.8 Å². The Morgan fingerprint density at radius 1 is 1.21 bits per heavy atom. The fourth-order valence-electron chi connectivity index (χ4n) is 3.67. The molecule has 0 spiro atoms. The summed E-state index contributed by atoms with van der Waals surface area (Å²) in [6.07, 6.45) is 1.43. The zero-order valence-corrected chi connectivity index (χ0v) is 19.2. The molecule has 1 atom stereocenters. The van der Waals surface area contributed by atoms with Gasteiger partial charge in [0, 0.05) is 26.7 Å². The first-order valence-corrected chi connectivity index (χ1v) is 12.3. The Labute approximate surface area is 178 Å². The number of sulfonamides is 1. The second-order valence-electron chi connectivity index (χ2n) is 8.78. The summed E-state index contributed by atoms with van der Waals surface area (Å²) in [7, 11) is -1.71. The van der Waals surface area contributed by atoms with Crippen LogP contribution in [0.3, 0.4) is 0 Å². The molecular weight excluding hydrogens is 404 g/mol. The van der Waals surface area contributed by atoms with Crippen molar-refractivity contribution in [1.82, 2.24) is 9.21 Å². The number of amides is 1. The first-order valence-electron chi connectivity index (χ1n) is 9.97. The molecule has 0 N–H and O–H groups in total. The SMILES string of the molecule is CN(Cc1ccc(C(C)(C)C)cc1)C(=O)C1CCCN(S(=O)(=O)c2cccs2)C1. The Morgan fingerprint density at radius 3 is 2.48 bits per heavy atom. The molecule has 2 aromatic rings. The fraction of sp³-hybridized carbons (Fsp3) is 0.500. The van der Waals surface area contributed by atoms with Gasteiger partial charge in [0.2, 0.25) is 5.91 Å². The highest BCUT2D eigenvalue weighted by Crippen LogP contribution is 2.27. The summed E-state index contributed by atoms with van der Waals surface area (Å²) in [6.45, 7) is 7.79. The van der Waals surface area contributed by atoms with Gasteiger partial charge in [0.05, 0.1) is 5.92 Å². The number of rotatable bonds is 5. The lowest BCUT2D eigenvalue weighted by Crippen LogP contribution is -2.45. The van der Waals surface area contributed by atoms with Gasteiger partial charge in [0.25, 0.3) is 10.0 Å². The van der Waals surface area contributed by atoms with Crippen molar-refractivity contribution in [3.05, 3.63) is 52.9 Å². The lowest BCUT2D eigenvalue weighted by molar-refractivity contribution is -0.135.